The van der Waals surface area contributed by atoms with Gasteiger partial charge in [-0.05, 0) is 20.3 Å². The van der Waals surface area contributed by atoms with E-state index in [-0.39, 0.29) is 11.1 Å². The van der Waals surface area contributed by atoms with Gasteiger partial charge in [-0.3, -0.25) is 4.40 Å². The van der Waals surface area contributed by atoms with Crippen molar-refractivity contribution in [3.05, 3.63) is 11.6 Å². The monoisotopic (exact) mass is 316 g/mol. The SMILES string of the molecule is CCNc1nc2sccn2c1S(=O)(=O)N(C)C(C)CC. The molecule has 6 nitrogen and oxygen atoms in total. The average molecular weight is 316 g/mol. The van der Waals surface area contributed by atoms with Crippen LogP contribution in [0.3, 0.4) is 0 Å². The maximum absolute atomic E-state index is 12.8. The molecule has 112 valence electrons. The van der Waals surface area contributed by atoms with Gasteiger partial charge in [-0.15, -0.1) is 11.3 Å². The van der Waals surface area contributed by atoms with Crippen molar-refractivity contribution < 1.29 is 8.42 Å². The topological polar surface area (TPSA) is 66.7 Å². The Balaban J connectivity index is 2.60. The first-order chi connectivity index (χ1) is 9.43. The van der Waals surface area contributed by atoms with E-state index >= 15 is 0 Å². The van der Waals surface area contributed by atoms with Crippen molar-refractivity contribution in [2.75, 3.05) is 18.9 Å². The number of imidazole rings is 1. The molecule has 2 rings (SSSR count). The van der Waals surface area contributed by atoms with Gasteiger partial charge in [-0.2, -0.15) is 4.31 Å². The standard InChI is InChI=1S/C12H20N4O2S2/c1-5-9(3)15(4)20(17,18)11-10(13-6-2)14-12-16(11)7-8-19-12/h7-9,13H,5-6H2,1-4H3. The highest BCUT2D eigenvalue weighted by atomic mass is 32.2. The molecule has 0 radical (unpaired) electrons. The first-order valence-electron chi connectivity index (χ1n) is 6.60. The second kappa shape index (κ2) is 5.71. The summed E-state index contributed by atoms with van der Waals surface area (Å²) in [5.74, 6) is 0.425. The highest BCUT2D eigenvalue weighted by molar-refractivity contribution is 7.89. The molecule has 0 spiro atoms. The van der Waals surface area contributed by atoms with Gasteiger partial charge in [0, 0.05) is 31.2 Å². The summed E-state index contributed by atoms with van der Waals surface area (Å²) in [5.41, 5.74) is 0. The van der Waals surface area contributed by atoms with Crippen molar-refractivity contribution in [2.24, 2.45) is 0 Å². The van der Waals surface area contributed by atoms with E-state index in [1.807, 2.05) is 26.2 Å². The van der Waals surface area contributed by atoms with E-state index in [9.17, 15) is 8.42 Å². The van der Waals surface area contributed by atoms with Crippen LogP contribution in [0.25, 0.3) is 4.96 Å². The molecule has 20 heavy (non-hydrogen) atoms. The van der Waals surface area contributed by atoms with Crippen molar-refractivity contribution in [2.45, 2.75) is 38.3 Å². The molecule has 1 atom stereocenters. The third-order valence-corrected chi connectivity index (χ3v) is 6.15. The molecule has 0 aliphatic heterocycles. The van der Waals surface area contributed by atoms with Crippen molar-refractivity contribution in [3.8, 4) is 0 Å². The molecule has 8 heteroatoms. The zero-order valence-electron chi connectivity index (χ0n) is 12.1. The number of sulfonamides is 1. The molecule has 0 saturated heterocycles. The number of anilines is 1. The third kappa shape index (κ3) is 2.43. The van der Waals surface area contributed by atoms with E-state index < -0.39 is 10.0 Å². The minimum Gasteiger partial charge on any atom is -0.368 e. The summed E-state index contributed by atoms with van der Waals surface area (Å²) >= 11 is 1.42. The van der Waals surface area contributed by atoms with E-state index in [1.54, 1.807) is 17.6 Å². The van der Waals surface area contributed by atoms with Crippen LogP contribution in [0.15, 0.2) is 16.6 Å². The predicted octanol–water partition coefficient (Wildman–Crippen LogP) is 2.25. The van der Waals surface area contributed by atoms with Crippen LogP contribution < -0.4 is 5.32 Å². The number of rotatable bonds is 6. The summed E-state index contributed by atoms with van der Waals surface area (Å²) in [5, 5.41) is 5.09. The third-order valence-electron chi connectivity index (χ3n) is 3.40. The molecule has 2 aromatic rings. The van der Waals surface area contributed by atoms with E-state index in [2.05, 4.69) is 10.3 Å². The zero-order chi connectivity index (χ0) is 14.9. The Labute approximate surface area is 123 Å². The molecule has 2 heterocycles. The van der Waals surface area contributed by atoms with Crippen molar-refractivity contribution in [3.63, 3.8) is 0 Å². The Morgan fingerprint density at radius 1 is 1.50 bits per heavy atom. The van der Waals surface area contributed by atoms with Gasteiger partial charge in [0.05, 0.1) is 0 Å². The molecule has 0 bridgehead atoms. The van der Waals surface area contributed by atoms with Crippen molar-refractivity contribution >= 4 is 32.1 Å². The number of hydrogen-bond donors (Lipinski definition) is 1. The van der Waals surface area contributed by atoms with Gasteiger partial charge in [0.1, 0.15) is 0 Å². The molecular weight excluding hydrogens is 296 g/mol. The lowest BCUT2D eigenvalue weighted by Crippen LogP contribution is -2.35. The van der Waals surface area contributed by atoms with Crippen LogP contribution in [0.4, 0.5) is 5.82 Å². The van der Waals surface area contributed by atoms with Gasteiger partial charge >= 0.3 is 0 Å². The fraction of sp³-hybridized carbons (Fsp3) is 0.583. The minimum atomic E-state index is -3.58. The highest BCUT2D eigenvalue weighted by Crippen LogP contribution is 2.28. The van der Waals surface area contributed by atoms with Gasteiger partial charge in [-0.1, -0.05) is 6.92 Å². The lowest BCUT2D eigenvalue weighted by atomic mass is 10.3. The van der Waals surface area contributed by atoms with Crippen LogP contribution in [0, 0.1) is 0 Å². The number of hydrogen-bond acceptors (Lipinski definition) is 5. The van der Waals surface area contributed by atoms with Crippen LogP contribution in [0.5, 0.6) is 0 Å². The lowest BCUT2D eigenvalue weighted by molar-refractivity contribution is 0.379. The van der Waals surface area contributed by atoms with Gasteiger partial charge < -0.3 is 5.32 Å². The summed E-state index contributed by atoms with van der Waals surface area (Å²) in [4.78, 5) is 5.04. The van der Waals surface area contributed by atoms with Crippen LogP contribution in [0.1, 0.15) is 27.2 Å². The molecular formula is C12H20N4O2S2. The number of aromatic nitrogens is 2. The maximum atomic E-state index is 12.8. The van der Waals surface area contributed by atoms with Crippen LogP contribution >= 0.6 is 11.3 Å². The molecule has 1 N–H and O–H groups in total. The molecule has 2 aromatic heterocycles. The Morgan fingerprint density at radius 3 is 2.80 bits per heavy atom. The molecule has 0 aliphatic rings. The number of nitrogens with one attached hydrogen (secondary N) is 1. The quantitative estimate of drug-likeness (QED) is 0.887. The van der Waals surface area contributed by atoms with Gasteiger partial charge in [0.25, 0.3) is 10.0 Å². The lowest BCUT2D eigenvalue weighted by Gasteiger charge is -2.23. The first-order valence-corrected chi connectivity index (χ1v) is 8.92. The Bertz CT molecular complexity index is 689. The summed E-state index contributed by atoms with van der Waals surface area (Å²) in [6.45, 7) is 6.41. The summed E-state index contributed by atoms with van der Waals surface area (Å²) < 4.78 is 28.7. The number of fused-ring (bicyclic) bond motifs is 1. The Kier molecular flexibility index (Phi) is 4.36. The first kappa shape index (κ1) is 15.3. The molecule has 0 saturated carbocycles. The van der Waals surface area contributed by atoms with Gasteiger partial charge in [0.2, 0.25) is 0 Å². The van der Waals surface area contributed by atoms with E-state index in [4.69, 9.17) is 0 Å². The minimum absolute atomic E-state index is 0.0568. The number of thiazole rings is 1. The second-order valence-electron chi connectivity index (χ2n) is 4.63. The fourth-order valence-electron chi connectivity index (χ4n) is 1.92. The van der Waals surface area contributed by atoms with E-state index in [0.717, 1.165) is 6.42 Å². The maximum Gasteiger partial charge on any atom is 0.262 e. The predicted molar refractivity (Wildman–Crippen MR) is 81.9 cm³/mol. The normalized spacial score (nSPS) is 14.1. The van der Waals surface area contributed by atoms with E-state index in [1.165, 1.54) is 15.6 Å². The molecule has 0 amide bonds. The van der Waals surface area contributed by atoms with E-state index in [0.29, 0.717) is 17.3 Å². The molecule has 0 aliphatic carbocycles. The van der Waals surface area contributed by atoms with Gasteiger partial charge in [0.15, 0.2) is 15.8 Å². The molecule has 0 aromatic carbocycles. The second-order valence-corrected chi connectivity index (χ2v) is 7.42. The van der Waals surface area contributed by atoms with Gasteiger partial charge in [-0.25, -0.2) is 13.4 Å². The largest absolute Gasteiger partial charge is 0.368 e. The summed E-state index contributed by atoms with van der Waals surface area (Å²) in [6, 6.07) is -0.0568. The molecule has 1 unspecified atom stereocenters. The fourth-order valence-corrected chi connectivity index (χ4v) is 4.35. The van der Waals surface area contributed by atoms with Crippen molar-refractivity contribution in [1.82, 2.24) is 13.7 Å². The smallest absolute Gasteiger partial charge is 0.262 e. The van der Waals surface area contributed by atoms with Crippen LogP contribution in [-0.4, -0.2) is 41.7 Å². The van der Waals surface area contributed by atoms with Crippen LogP contribution in [-0.2, 0) is 10.0 Å². The van der Waals surface area contributed by atoms with Crippen molar-refractivity contribution in [1.29, 1.82) is 0 Å². The summed E-state index contributed by atoms with van der Waals surface area (Å²) in [7, 11) is -1.96. The molecule has 0 fully saturated rings. The summed E-state index contributed by atoms with van der Waals surface area (Å²) in [6.07, 6.45) is 2.50. The Morgan fingerprint density at radius 2 is 2.20 bits per heavy atom. The zero-order valence-corrected chi connectivity index (χ0v) is 13.8. The highest BCUT2D eigenvalue weighted by Gasteiger charge is 2.31. The number of nitrogens with zero attached hydrogens (tertiary/aromatic N) is 3. The Hall–Kier alpha value is -1.12. The van der Waals surface area contributed by atoms with Crippen LogP contribution in [0.2, 0.25) is 0 Å². The average Bonchev–Trinajstić information content (AvgIpc) is 2.97.